The molecule has 1 atom stereocenters. The molecule has 0 amide bonds. The third-order valence-corrected chi connectivity index (χ3v) is 15.8. The van der Waals surface area contributed by atoms with Gasteiger partial charge in [0.25, 0.3) is 0 Å². The molecule has 0 aromatic carbocycles. The summed E-state index contributed by atoms with van der Waals surface area (Å²) in [5.41, 5.74) is 0. The van der Waals surface area contributed by atoms with Crippen LogP contribution in [0.15, 0.2) is 48.6 Å². The zero-order valence-corrected chi connectivity index (χ0v) is 53.2. The molecule has 6 heteroatoms. The predicted octanol–water partition coefficient (Wildman–Crippen LogP) is 24.1. The molecular weight excluding hydrogens is 973 g/mol. The first-order chi connectivity index (χ1) is 39.0. The van der Waals surface area contributed by atoms with Gasteiger partial charge in [0.05, 0.1) is 0 Å². The number of carbonyl (C=O) groups is 3. The molecule has 0 fully saturated rings. The summed E-state index contributed by atoms with van der Waals surface area (Å²) in [6.45, 7) is 6.64. The normalized spacial score (nSPS) is 12.3. The lowest BCUT2D eigenvalue weighted by Gasteiger charge is -2.18. The fraction of sp³-hybridized carbons (Fsp3) is 0.849. The fourth-order valence-corrected chi connectivity index (χ4v) is 10.5. The lowest BCUT2D eigenvalue weighted by molar-refractivity contribution is -0.167. The summed E-state index contributed by atoms with van der Waals surface area (Å²) in [6, 6.07) is 0. The Morgan fingerprint density at radius 2 is 0.468 bits per heavy atom. The molecule has 0 aromatic heterocycles. The Hall–Kier alpha value is -2.63. The summed E-state index contributed by atoms with van der Waals surface area (Å²) >= 11 is 0. The predicted molar refractivity (Wildman–Crippen MR) is 344 cm³/mol. The molecule has 1 unspecified atom stereocenters. The van der Waals surface area contributed by atoms with E-state index in [2.05, 4.69) is 69.4 Å². The van der Waals surface area contributed by atoms with E-state index in [9.17, 15) is 14.4 Å². The van der Waals surface area contributed by atoms with Crippen LogP contribution in [-0.2, 0) is 28.6 Å². The molecule has 0 aromatic rings. The average Bonchev–Trinajstić information content (AvgIpc) is 3.45. The Labute approximate surface area is 492 Å². The first-order valence-corrected chi connectivity index (χ1v) is 35.1. The van der Waals surface area contributed by atoms with Gasteiger partial charge in [0.2, 0.25) is 0 Å². The maximum absolute atomic E-state index is 13.0. The highest BCUT2D eigenvalue weighted by atomic mass is 16.6. The minimum atomic E-state index is -0.780. The van der Waals surface area contributed by atoms with Crippen molar-refractivity contribution >= 4 is 17.9 Å². The van der Waals surface area contributed by atoms with Gasteiger partial charge in [-0.2, -0.15) is 0 Å². The van der Waals surface area contributed by atoms with Gasteiger partial charge in [0, 0.05) is 19.3 Å². The maximum Gasteiger partial charge on any atom is 0.306 e. The largest absolute Gasteiger partial charge is 0.462 e. The second-order valence-electron chi connectivity index (χ2n) is 23.8. The standard InChI is InChI=1S/C73H134O6/c1-4-7-10-13-16-19-22-25-28-30-32-34-36-38-39-41-43-45-48-51-54-57-60-63-66-72(75)78-69-70(68-77-71(74)65-62-59-56-53-50-47-27-24-21-18-15-12-9-6-3)79-73(76)67-64-61-58-55-52-49-46-44-42-40-37-35-33-31-29-26-23-20-17-14-11-8-5-2/h15,18,23-24,26-27,31,33,70H,4-14,16-17,19-22,25,28-30,32,34-69H2,1-3H3/b18-15-,26-23-,27-24-,33-31-. The molecule has 0 heterocycles. The Morgan fingerprint density at radius 3 is 0.734 bits per heavy atom. The summed E-state index contributed by atoms with van der Waals surface area (Å²) in [4.78, 5) is 38.4. The Kier molecular flexibility index (Phi) is 65.6. The van der Waals surface area contributed by atoms with Crippen molar-refractivity contribution in [3.05, 3.63) is 48.6 Å². The van der Waals surface area contributed by atoms with Crippen molar-refractivity contribution in [2.24, 2.45) is 0 Å². The van der Waals surface area contributed by atoms with Crippen LogP contribution >= 0.6 is 0 Å². The molecule has 462 valence electrons. The van der Waals surface area contributed by atoms with Crippen molar-refractivity contribution in [1.82, 2.24) is 0 Å². The van der Waals surface area contributed by atoms with Crippen LogP contribution < -0.4 is 0 Å². The molecular formula is C73H134O6. The van der Waals surface area contributed by atoms with Crippen molar-refractivity contribution in [2.75, 3.05) is 13.2 Å². The maximum atomic E-state index is 13.0. The van der Waals surface area contributed by atoms with E-state index in [1.165, 1.54) is 257 Å². The van der Waals surface area contributed by atoms with Crippen LogP contribution in [-0.4, -0.2) is 37.2 Å². The van der Waals surface area contributed by atoms with Crippen LogP contribution in [0.25, 0.3) is 0 Å². The van der Waals surface area contributed by atoms with Crippen molar-refractivity contribution in [2.45, 2.75) is 386 Å². The molecule has 0 spiro atoms. The van der Waals surface area contributed by atoms with E-state index < -0.39 is 6.10 Å². The third kappa shape index (κ3) is 66.1. The highest BCUT2D eigenvalue weighted by Crippen LogP contribution is 2.18. The molecule has 0 aliphatic heterocycles. The number of hydrogen-bond donors (Lipinski definition) is 0. The van der Waals surface area contributed by atoms with Gasteiger partial charge in [-0.1, -0.05) is 333 Å². The van der Waals surface area contributed by atoms with Gasteiger partial charge in [-0.15, -0.1) is 0 Å². The summed E-state index contributed by atoms with van der Waals surface area (Å²) in [5, 5.41) is 0. The van der Waals surface area contributed by atoms with Crippen molar-refractivity contribution in [3.8, 4) is 0 Å². The first kappa shape index (κ1) is 76.4. The smallest absolute Gasteiger partial charge is 0.306 e. The van der Waals surface area contributed by atoms with Gasteiger partial charge in [0.15, 0.2) is 6.10 Å². The average molecular weight is 1110 g/mol. The van der Waals surface area contributed by atoms with Crippen LogP contribution in [0.1, 0.15) is 380 Å². The van der Waals surface area contributed by atoms with E-state index in [-0.39, 0.29) is 31.1 Å². The van der Waals surface area contributed by atoms with Gasteiger partial charge < -0.3 is 14.2 Å². The zero-order chi connectivity index (χ0) is 57.1. The molecule has 0 saturated heterocycles. The molecule has 0 rings (SSSR count). The number of hydrogen-bond acceptors (Lipinski definition) is 6. The van der Waals surface area contributed by atoms with E-state index in [0.29, 0.717) is 19.3 Å². The van der Waals surface area contributed by atoms with Crippen molar-refractivity contribution < 1.29 is 28.6 Å². The van der Waals surface area contributed by atoms with Gasteiger partial charge in [0.1, 0.15) is 13.2 Å². The lowest BCUT2D eigenvalue weighted by Crippen LogP contribution is -2.30. The molecule has 0 N–H and O–H groups in total. The number of allylic oxidation sites excluding steroid dienone is 8. The molecule has 79 heavy (non-hydrogen) atoms. The van der Waals surface area contributed by atoms with Crippen molar-refractivity contribution in [3.63, 3.8) is 0 Å². The lowest BCUT2D eigenvalue weighted by atomic mass is 10.0. The van der Waals surface area contributed by atoms with Crippen LogP contribution in [0.2, 0.25) is 0 Å². The van der Waals surface area contributed by atoms with Crippen molar-refractivity contribution in [1.29, 1.82) is 0 Å². The Balaban J connectivity index is 4.27. The topological polar surface area (TPSA) is 78.9 Å². The summed E-state index contributed by atoms with van der Waals surface area (Å²) in [7, 11) is 0. The SMILES string of the molecule is CCCC/C=C\C/C=C\CCCCCCCC(=O)OCC(COC(=O)CCCCCCCCCCCCCCCCCCCCCCCCCC)OC(=O)CCCCCCCCCCCCC/C=C\C/C=C\CCCCCCC. The van der Waals surface area contributed by atoms with Crippen LogP contribution in [0.3, 0.4) is 0 Å². The number of esters is 3. The minimum absolute atomic E-state index is 0.0743. The second-order valence-corrected chi connectivity index (χ2v) is 23.8. The molecule has 6 nitrogen and oxygen atoms in total. The van der Waals surface area contributed by atoms with Gasteiger partial charge >= 0.3 is 17.9 Å². The van der Waals surface area contributed by atoms with E-state index in [1.807, 2.05) is 0 Å². The summed E-state index contributed by atoms with van der Waals surface area (Å²) in [6.07, 6.45) is 85.7. The highest BCUT2D eigenvalue weighted by molar-refractivity contribution is 5.71. The van der Waals surface area contributed by atoms with Crippen LogP contribution in [0.4, 0.5) is 0 Å². The second kappa shape index (κ2) is 67.9. The third-order valence-electron chi connectivity index (χ3n) is 15.8. The summed E-state index contributed by atoms with van der Waals surface area (Å²) < 4.78 is 17.0. The van der Waals surface area contributed by atoms with Gasteiger partial charge in [-0.05, 0) is 77.0 Å². The first-order valence-electron chi connectivity index (χ1n) is 35.1. The van der Waals surface area contributed by atoms with Crippen LogP contribution in [0.5, 0.6) is 0 Å². The minimum Gasteiger partial charge on any atom is -0.462 e. The molecule has 0 saturated carbocycles. The highest BCUT2D eigenvalue weighted by Gasteiger charge is 2.19. The van der Waals surface area contributed by atoms with E-state index in [1.54, 1.807) is 0 Å². The molecule has 0 aliphatic rings. The fourth-order valence-electron chi connectivity index (χ4n) is 10.5. The molecule has 0 aliphatic carbocycles. The Bertz CT molecular complexity index is 1360. The quantitative estimate of drug-likeness (QED) is 0.0261. The van der Waals surface area contributed by atoms with E-state index >= 15 is 0 Å². The number of rotatable bonds is 65. The van der Waals surface area contributed by atoms with Gasteiger partial charge in [-0.3, -0.25) is 14.4 Å². The summed E-state index contributed by atoms with van der Waals surface area (Å²) in [5.74, 6) is -0.866. The van der Waals surface area contributed by atoms with E-state index in [4.69, 9.17) is 14.2 Å². The number of carbonyl (C=O) groups excluding carboxylic acids is 3. The van der Waals surface area contributed by atoms with E-state index in [0.717, 1.165) is 83.5 Å². The van der Waals surface area contributed by atoms with Crippen LogP contribution in [0, 0.1) is 0 Å². The zero-order valence-electron chi connectivity index (χ0n) is 53.2. The number of unbranched alkanes of at least 4 members (excludes halogenated alkanes) is 46. The Morgan fingerprint density at radius 1 is 0.253 bits per heavy atom. The molecule has 0 bridgehead atoms. The molecule has 0 radical (unpaired) electrons. The monoisotopic (exact) mass is 1110 g/mol. The van der Waals surface area contributed by atoms with Gasteiger partial charge in [-0.25, -0.2) is 0 Å². The number of ether oxygens (including phenoxy) is 3.